The van der Waals surface area contributed by atoms with Gasteiger partial charge in [0.1, 0.15) is 11.5 Å². The number of fused-ring (bicyclic) bond motifs is 2. The summed E-state index contributed by atoms with van der Waals surface area (Å²) in [6.45, 7) is 0. The lowest BCUT2D eigenvalue weighted by atomic mass is 10.1. The number of carbonyl (C=O) groups is 1. The molecule has 0 spiro atoms. The molecule has 24 heavy (non-hydrogen) atoms. The average Bonchev–Trinajstić information content (AvgIpc) is 2.95. The number of nitrogens with two attached hydrogens (primary N) is 1. The monoisotopic (exact) mass is 315 g/mol. The van der Waals surface area contributed by atoms with Crippen molar-refractivity contribution in [2.75, 3.05) is 5.73 Å². The third-order valence-corrected chi connectivity index (χ3v) is 3.82. The molecular weight excluding hydrogens is 302 g/mol. The van der Waals surface area contributed by atoms with Gasteiger partial charge in [-0.1, -0.05) is 48.5 Å². The largest absolute Gasteiger partial charge is 0.385 e. The van der Waals surface area contributed by atoms with Crippen LogP contribution >= 0.6 is 0 Å². The van der Waals surface area contributed by atoms with Crippen LogP contribution in [0.1, 0.15) is 10.5 Å². The molecule has 0 fully saturated rings. The van der Waals surface area contributed by atoms with Crippen molar-refractivity contribution < 1.29 is 4.79 Å². The molecule has 0 unspecified atom stereocenters. The van der Waals surface area contributed by atoms with Crippen LogP contribution in [0.5, 0.6) is 0 Å². The molecule has 0 aliphatic carbocycles. The Morgan fingerprint density at radius 3 is 2.54 bits per heavy atom. The fourth-order valence-corrected chi connectivity index (χ4v) is 2.61. The van der Waals surface area contributed by atoms with Crippen LogP contribution in [0.4, 0.5) is 11.6 Å². The van der Waals surface area contributed by atoms with Crippen LogP contribution in [0.3, 0.4) is 0 Å². The molecule has 116 valence electrons. The van der Waals surface area contributed by atoms with Gasteiger partial charge in [0.15, 0.2) is 5.82 Å². The molecule has 2 aromatic heterocycles. The number of H-pyrrole nitrogens is 1. The van der Waals surface area contributed by atoms with Crippen molar-refractivity contribution in [3.63, 3.8) is 0 Å². The van der Waals surface area contributed by atoms with E-state index in [1.54, 1.807) is 12.3 Å². The molecule has 0 bridgehead atoms. The zero-order valence-electron chi connectivity index (χ0n) is 12.6. The zero-order valence-corrected chi connectivity index (χ0v) is 12.6. The first kappa shape index (κ1) is 14.1. The lowest BCUT2D eigenvalue weighted by Gasteiger charge is -1.98. The molecule has 6 nitrogen and oxygen atoms in total. The van der Waals surface area contributed by atoms with Gasteiger partial charge in [0.25, 0.3) is 0 Å². The topological polar surface area (TPSA) is 96.5 Å². The molecule has 0 radical (unpaired) electrons. The lowest BCUT2D eigenvalue weighted by molar-refractivity contribution is 0.0990. The van der Waals surface area contributed by atoms with Gasteiger partial charge < -0.3 is 10.7 Å². The van der Waals surface area contributed by atoms with E-state index < -0.39 is 5.91 Å². The van der Waals surface area contributed by atoms with E-state index in [1.807, 2.05) is 48.5 Å². The summed E-state index contributed by atoms with van der Waals surface area (Å²) in [5.41, 5.74) is 6.15. The Morgan fingerprint density at radius 1 is 1.00 bits per heavy atom. The fraction of sp³-hybridized carbons (Fsp3) is 0. The number of azo groups is 1. The first-order valence-electron chi connectivity index (χ1n) is 7.39. The third-order valence-electron chi connectivity index (χ3n) is 3.82. The molecule has 2 heterocycles. The summed E-state index contributed by atoms with van der Waals surface area (Å²) in [6, 6.07) is 16.9. The van der Waals surface area contributed by atoms with Crippen molar-refractivity contribution in [3.05, 3.63) is 66.5 Å². The van der Waals surface area contributed by atoms with Gasteiger partial charge in [0.2, 0.25) is 0 Å². The normalized spacial score (nSPS) is 11.5. The summed E-state index contributed by atoms with van der Waals surface area (Å²) < 4.78 is 0. The summed E-state index contributed by atoms with van der Waals surface area (Å²) in [5.74, 6) is 0.450. The number of rotatable bonds is 2. The van der Waals surface area contributed by atoms with Crippen LogP contribution in [0.2, 0.25) is 0 Å². The van der Waals surface area contributed by atoms with Crippen LogP contribution in [0, 0.1) is 0 Å². The molecule has 6 heteroatoms. The Kier molecular flexibility index (Phi) is 3.28. The first-order valence-corrected chi connectivity index (χ1v) is 7.39. The predicted octanol–water partition coefficient (Wildman–Crippen LogP) is 4.22. The highest BCUT2D eigenvalue weighted by Gasteiger charge is 2.10. The highest BCUT2D eigenvalue weighted by Crippen LogP contribution is 2.30. The number of nitrogens with zero attached hydrogens (tertiary/aromatic N) is 3. The number of nitrogen functional groups attached to an aromatic ring is 1. The van der Waals surface area contributed by atoms with Gasteiger partial charge in [-0.05, 0) is 11.5 Å². The zero-order chi connectivity index (χ0) is 16.5. The molecular formula is C18H13N5O. The minimum atomic E-state index is -0.502. The second-order valence-corrected chi connectivity index (χ2v) is 5.35. The number of nitrogens with one attached hydrogen (secondary N) is 1. The quantitative estimate of drug-likeness (QED) is 0.542. The van der Waals surface area contributed by atoms with E-state index >= 15 is 0 Å². The number of aromatic nitrogens is 2. The van der Waals surface area contributed by atoms with Crippen molar-refractivity contribution in [2.45, 2.75) is 0 Å². The van der Waals surface area contributed by atoms with Crippen LogP contribution in [-0.2, 0) is 0 Å². The Balaban J connectivity index is 1.68. The van der Waals surface area contributed by atoms with Gasteiger partial charge in [0.05, 0.1) is 0 Å². The maximum Gasteiger partial charge on any atom is 0.314 e. The van der Waals surface area contributed by atoms with E-state index in [2.05, 4.69) is 20.2 Å². The van der Waals surface area contributed by atoms with Gasteiger partial charge in [-0.25, -0.2) is 0 Å². The molecule has 0 aliphatic rings. The number of benzene rings is 2. The second kappa shape index (κ2) is 5.58. The number of pyridine rings is 1. The number of hydrogen-bond acceptors (Lipinski definition) is 4. The first-order chi connectivity index (χ1) is 11.7. The summed E-state index contributed by atoms with van der Waals surface area (Å²) in [4.78, 5) is 19.3. The van der Waals surface area contributed by atoms with Crippen molar-refractivity contribution in [1.29, 1.82) is 0 Å². The van der Waals surface area contributed by atoms with E-state index in [-0.39, 0.29) is 5.69 Å². The van der Waals surface area contributed by atoms with E-state index in [9.17, 15) is 4.79 Å². The average molecular weight is 315 g/mol. The summed E-state index contributed by atoms with van der Waals surface area (Å²) in [6.07, 6.45) is 1.65. The summed E-state index contributed by atoms with van der Waals surface area (Å²) in [7, 11) is 0. The lowest BCUT2D eigenvalue weighted by Crippen LogP contribution is -1.97. The van der Waals surface area contributed by atoms with E-state index in [0.29, 0.717) is 11.6 Å². The number of anilines is 1. The molecule has 4 aromatic rings. The van der Waals surface area contributed by atoms with Gasteiger partial charge in [-0.2, -0.15) is 0 Å². The molecule has 1 amide bonds. The Bertz CT molecular complexity index is 1100. The third kappa shape index (κ3) is 2.40. The smallest absolute Gasteiger partial charge is 0.314 e. The maximum absolute atomic E-state index is 12.2. The Labute approximate surface area is 137 Å². The highest BCUT2D eigenvalue weighted by atomic mass is 16.1. The van der Waals surface area contributed by atoms with Gasteiger partial charge in [-0.15, -0.1) is 10.2 Å². The van der Waals surface area contributed by atoms with Crippen LogP contribution in [-0.4, -0.2) is 15.9 Å². The van der Waals surface area contributed by atoms with Crippen molar-refractivity contribution in [1.82, 2.24) is 9.97 Å². The predicted molar refractivity (Wildman–Crippen MR) is 93.3 cm³/mol. The fourth-order valence-electron chi connectivity index (χ4n) is 2.61. The van der Waals surface area contributed by atoms with Crippen LogP contribution < -0.4 is 5.73 Å². The minimum absolute atomic E-state index is 0.251. The summed E-state index contributed by atoms with van der Waals surface area (Å²) >= 11 is 0. The molecule has 0 aliphatic heterocycles. The van der Waals surface area contributed by atoms with Crippen molar-refractivity contribution in [2.24, 2.45) is 10.2 Å². The molecule has 0 atom stereocenters. The van der Waals surface area contributed by atoms with E-state index in [0.717, 1.165) is 21.5 Å². The van der Waals surface area contributed by atoms with Crippen molar-refractivity contribution >= 4 is 39.1 Å². The van der Waals surface area contributed by atoms with Gasteiger partial charge in [0, 0.05) is 22.4 Å². The van der Waals surface area contributed by atoms with Crippen molar-refractivity contribution in [3.8, 4) is 0 Å². The van der Waals surface area contributed by atoms with E-state index in [1.165, 1.54) is 0 Å². The number of aromatic amines is 1. The number of carbonyl (C=O) groups excluding carboxylic acids is 1. The SMILES string of the molecule is Nc1[nH]c(N=NC(=O)c2cc3ccccc3cn2)c2ccccc12. The Morgan fingerprint density at radius 2 is 1.71 bits per heavy atom. The molecule has 3 N–H and O–H groups in total. The standard InChI is InChI=1S/C18H13N5O/c19-16-13-7-3-4-8-14(13)17(21-16)22-23-18(24)15-9-11-5-1-2-6-12(11)10-20-15/h1-10,21H,19H2. The minimum Gasteiger partial charge on any atom is -0.385 e. The van der Waals surface area contributed by atoms with E-state index in [4.69, 9.17) is 5.73 Å². The Hall–Kier alpha value is -3.54. The maximum atomic E-state index is 12.2. The highest BCUT2D eigenvalue weighted by molar-refractivity contribution is 6.00. The van der Waals surface area contributed by atoms with Gasteiger partial charge in [-0.3, -0.25) is 9.78 Å². The number of hydrogen-bond donors (Lipinski definition) is 2. The summed E-state index contributed by atoms with van der Waals surface area (Å²) in [5, 5.41) is 11.3. The molecule has 4 rings (SSSR count). The van der Waals surface area contributed by atoms with Crippen LogP contribution in [0.25, 0.3) is 21.5 Å². The van der Waals surface area contributed by atoms with Gasteiger partial charge >= 0.3 is 5.91 Å². The number of amides is 1. The molecule has 0 saturated heterocycles. The molecule has 0 saturated carbocycles. The second-order valence-electron chi connectivity index (χ2n) is 5.35. The van der Waals surface area contributed by atoms with Crippen LogP contribution in [0.15, 0.2) is 71.0 Å². The molecule has 2 aromatic carbocycles.